The molecule has 0 aliphatic heterocycles. The van der Waals surface area contributed by atoms with E-state index >= 15 is 0 Å². The Balaban J connectivity index is 2.12. The summed E-state index contributed by atoms with van der Waals surface area (Å²) < 4.78 is 3.10. The van der Waals surface area contributed by atoms with Gasteiger partial charge >= 0.3 is 5.56 Å². The van der Waals surface area contributed by atoms with Crippen molar-refractivity contribution in [3.63, 3.8) is 0 Å². The van der Waals surface area contributed by atoms with Crippen LogP contribution in [0, 0.1) is 6.92 Å². The minimum atomic E-state index is -0.278. The number of hydrogen-bond acceptors (Lipinski definition) is 7. The molecule has 1 aromatic carbocycles. The fourth-order valence-electron chi connectivity index (χ4n) is 3.36. The Bertz CT molecular complexity index is 1180. The van der Waals surface area contributed by atoms with Gasteiger partial charge in [0.25, 0.3) is 5.69 Å². The van der Waals surface area contributed by atoms with Gasteiger partial charge in [-0.05, 0) is 52.2 Å². The van der Waals surface area contributed by atoms with Crippen LogP contribution in [0.4, 0.5) is 17.1 Å². The summed E-state index contributed by atoms with van der Waals surface area (Å²) in [5, 5.41) is 27.3. The highest BCUT2D eigenvalue weighted by molar-refractivity contribution is 5.59. The lowest BCUT2D eigenvalue weighted by Gasteiger charge is -2.14. The van der Waals surface area contributed by atoms with Crippen LogP contribution in [0.3, 0.4) is 0 Å². The van der Waals surface area contributed by atoms with E-state index in [1.165, 1.54) is 4.57 Å². The van der Waals surface area contributed by atoms with E-state index < -0.39 is 0 Å². The van der Waals surface area contributed by atoms with E-state index in [2.05, 4.69) is 20.5 Å². The third kappa shape index (κ3) is 5.30. The van der Waals surface area contributed by atoms with Crippen molar-refractivity contribution in [1.82, 2.24) is 9.47 Å². The molecule has 0 radical (unpaired) electrons. The summed E-state index contributed by atoms with van der Waals surface area (Å²) in [6, 6.07) is 12.7. The lowest BCUT2D eigenvalue weighted by atomic mass is 10.2. The van der Waals surface area contributed by atoms with Crippen LogP contribution in [0.1, 0.15) is 12.0 Å². The molecule has 3 aromatic rings. The van der Waals surface area contributed by atoms with Crippen LogP contribution in [-0.4, -0.2) is 42.3 Å². The molecule has 9 heteroatoms. The molecule has 32 heavy (non-hydrogen) atoms. The second-order valence-electron chi connectivity index (χ2n) is 7.56. The molecule has 3 rings (SSSR count). The van der Waals surface area contributed by atoms with Gasteiger partial charge in [0.1, 0.15) is 0 Å². The van der Waals surface area contributed by atoms with Crippen molar-refractivity contribution in [2.75, 3.05) is 27.7 Å². The molecular formula is C23H28N7O2+. The Kier molecular flexibility index (Phi) is 7.56. The highest BCUT2D eigenvalue weighted by Crippen LogP contribution is 2.33. The molecule has 0 bridgehead atoms. The molecule has 0 spiro atoms. The molecule has 1 N–H and O–H groups in total. The maximum atomic E-state index is 13.3. The van der Waals surface area contributed by atoms with E-state index in [0.717, 1.165) is 6.54 Å². The predicted molar refractivity (Wildman–Crippen MR) is 123 cm³/mol. The van der Waals surface area contributed by atoms with Crippen LogP contribution in [0.25, 0.3) is 5.69 Å². The largest absolute Gasteiger partial charge is 0.493 e. The summed E-state index contributed by atoms with van der Waals surface area (Å²) in [4.78, 5) is 15.3. The van der Waals surface area contributed by atoms with Gasteiger partial charge in [-0.25, -0.2) is 0 Å². The highest BCUT2D eigenvalue weighted by Gasteiger charge is 2.25. The maximum Gasteiger partial charge on any atom is 0.326 e. The van der Waals surface area contributed by atoms with Crippen molar-refractivity contribution in [2.45, 2.75) is 19.9 Å². The Morgan fingerprint density at radius 2 is 1.72 bits per heavy atom. The highest BCUT2D eigenvalue weighted by atomic mass is 16.3. The molecule has 0 saturated heterocycles. The lowest BCUT2D eigenvalue weighted by molar-refractivity contribution is -0.597. The lowest BCUT2D eigenvalue weighted by Crippen LogP contribution is -2.40. The van der Waals surface area contributed by atoms with Gasteiger partial charge < -0.3 is 10.0 Å². The summed E-state index contributed by atoms with van der Waals surface area (Å²) in [7, 11) is 5.53. The van der Waals surface area contributed by atoms with Crippen molar-refractivity contribution in [3.05, 3.63) is 70.8 Å². The molecule has 166 valence electrons. The van der Waals surface area contributed by atoms with Gasteiger partial charge in [0.05, 0.1) is 16.9 Å². The number of rotatable bonds is 8. The first-order chi connectivity index (χ1) is 15.4. The van der Waals surface area contributed by atoms with Crippen LogP contribution in [-0.2, 0) is 6.54 Å². The second kappa shape index (κ2) is 10.5. The summed E-state index contributed by atoms with van der Waals surface area (Å²) in [5.41, 5.74) is 2.16. The monoisotopic (exact) mass is 434 g/mol. The van der Waals surface area contributed by atoms with Crippen molar-refractivity contribution >= 4 is 17.1 Å². The summed E-state index contributed by atoms with van der Waals surface area (Å²) in [6.07, 6.45) is 4.29. The fraction of sp³-hybridized carbons (Fsp3) is 0.304. The number of nitrogens with zero attached hydrogens (tertiary/aromatic N) is 7. The number of pyridine rings is 2. The molecular weight excluding hydrogens is 406 g/mol. The molecule has 9 nitrogen and oxygen atoms in total. The number of azo groups is 2. The molecule has 0 fully saturated rings. The van der Waals surface area contributed by atoms with Crippen molar-refractivity contribution in [2.24, 2.45) is 20.5 Å². The molecule has 0 aliphatic carbocycles. The topological polar surface area (TPSA) is 98.8 Å². The minimum absolute atomic E-state index is 0.195. The average Bonchev–Trinajstić information content (AvgIpc) is 2.77. The fourth-order valence-corrected chi connectivity index (χ4v) is 3.36. The zero-order valence-corrected chi connectivity index (χ0v) is 18.8. The SMILES string of the molecule is C/N=N\c1cccc(/N=N/c2c(C)c(-[n+]3ccccc3)c(=O)n(CCCN(C)C)c2O)c1. The molecule has 2 aromatic heterocycles. The number of aromatic hydroxyl groups is 1. The summed E-state index contributed by atoms with van der Waals surface area (Å²) in [5.74, 6) is -0.195. The average molecular weight is 435 g/mol. The van der Waals surface area contributed by atoms with E-state index in [1.807, 2.05) is 43.3 Å². The third-order valence-corrected chi connectivity index (χ3v) is 4.90. The van der Waals surface area contributed by atoms with Gasteiger partial charge in [0.15, 0.2) is 18.1 Å². The Labute approximate surface area is 187 Å². The Hall–Kier alpha value is -3.72. The summed E-state index contributed by atoms with van der Waals surface area (Å²) >= 11 is 0. The van der Waals surface area contributed by atoms with E-state index in [1.54, 1.807) is 49.1 Å². The number of aromatic nitrogens is 2. The Morgan fingerprint density at radius 3 is 2.38 bits per heavy atom. The molecule has 0 unspecified atom stereocenters. The number of benzene rings is 1. The van der Waals surface area contributed by atoms with E-state index in [9.17, 15) is 9.90 Å². The van der Waals surface area contributed by atoms with Crippen LogP contribution in [0.5, 0.6) is 5.88 Å². The van der Waals surface area contributed by atoms with Gasteiger partial charge in [0, 0.05) is 25.7 Å². The minimum Gasteiger partial charge on any atom is -0.493 e. The first-order valence-corrected chi connectivity index (χ1v) is 10.3. The van der Waals surface area contributed by atoms with E-state index in [4.69, 9.17) is 0 Å². The first-order valence-electron chi connectivity index (χ1n) is 10.3. The predicted octanol–water partition coefficient (Wildman–Crippen LogP) is 4.22. The molecule has 0 saturated carbocycles. The van der Waals surface area contributed by atoms with Gasteiger partial charge in [-0.3, -0.25) is 9.36 Å². The molecule has 0 amide bonds. The first kappa shape index (κ1) is 23.0. The molecule has 2 heterocycles. The van der Waals surface area contributed by atoms with Crippen molar-refractivity contribution in [1.29, 1.82) is 0 Å². The quantitative estimate of drug-likeness (QED) is 0.424. The van der Waals surface area contributed by atoms with Crippen molar-refractivity contribution < 1.29 is 9.67 Å². The van der Waals surface area contributed by atoms with Crippen LogP contribution in [0.2, 0.25) is 0 Å². The molecule has 0 atom stereocenters. The maximum absolute atomic E-state index is 13.3. The second-order valence-corrected chi connectivity index (χ2v) is 7.56. The van der Waals surface area contributed by atoms with Crippen molar-refractivity contribution in [3.8, 4) is 11.6 Å². The zero-order chi connectivity index (χ0) is 23.1. The number of hydrogen-bond donors (Lipinski definition) is 1. The van der Waals surface area contributed by atoms with Crippen LogP contribution in [0.15, 0.2) is 80.1 Å². The van der Waals surface area contributed by atoms with Gasteiger partial charge in [0.2, 0.25) is 5.88 Å². The van der Waals surface area contributed by atoms with Crippen LogP contribution >= 0.6 is 0 Å². The van der Waals surface area contributed by atoms with Gasteiger partial charge in [-0.15, -0.1) is 5.11 Å². The van der Waals surface area contributed by atoms with Gasteiger partial charge in [-0.1, -0.05) is 12.1 Å². The Morgan fingerprint density at radius 1 is 1.03 bits per heavy atom. The smallest absolute Gasteiger partial charge is 0.326 e. The third-order valence-electron chi connectivity index (χ3n) is 4.90. The van der Waals surface area contributed by atoms with Gasteiger partial charge in [-0.2, -0.15) is 19.9 Å². The molecule has 0 aliphatic rings. The normalized spacial score (nSPS) is 11.8. The van der Waals surface area contributed by atoms with E-state index in [-0.39, 0.29) is 17.1 Å². The van der Waals surface area contributed by atoms with E-state index in [0.29, 0.717) is 35.6 Å². The van der Waals surface area contributed by atoms with Crippen LogP contribution < -0.4 is 10.1 Å². The standard InChI is InChI=1S/C23H27N7O2/c1-17-20(27-26-19-11-8-10-18(16-19)25-24-2)22(31)30(15-9-12-28(3)4)23(32)21(17)29-13-6-5-7-14-29/h5-8,10-11,13-14,16H,9,12,15H2,1-4H3/p+1/b25-24-. The zero-order valence-electron chi connectivity index (χ0n) is 18.8. The summed E-state index contributed by atoms with van der Waals surface area (Å²) in [6.45, 7) is 2.90.